The molecule has 0 spiro atoms. The lowest BCUT2D eigenvalue weighted by Gasteiger charge is -2.10. The van der Waals surface area contributed by atoms with Crippen molar-refractivity contribution < 1.29 is 18.0 Å². The van der Waals surface area contributed by atoms with Gasteiger partial charge in [-0.05, 0) is 39.8 Å². The fourth-order valence-electron chi connectivity index (χ4n) is 3.22. The molecule has 0 atom stereocenters. The SMILES string of the molecule is Cc1cc(-c2cc(C(=O)Nc3n[nH]c(C(F)(F)F)n3)c3cnn(C(C)C)c3n2)c(C)s1. The lowest BCUT2D eigenvalue weighted by atomic mass is 10.1. The van der Waals surface area contributed by atoms with Crippen LogP contribution >= 0.6 is 11.3 Å². The molecule has 0 saturated heterocycles. The molecule has 2 N–H and O–H groups in total. The van der Waals surface area contributed by atoms with E-state index in [1.807, 2.05) is 33.8 Å². The molecule has 12 heteroatoms. The van der Waals surface area contributed by atoms with Gasteiger partial charge in [-0.25, -0.2) is 9.67 Å². The molecule has 4 heterocycles. The van der Waals surface area contributed by atoms with Crippen LogP contribution in [0.5, 0.6) is 0 Å². The molecular weight excluding hydrogens is 431 g/mol. The molecule has 1 amide bonds. The van der Waals surface area contributed by atoms with Crippen molar-refractivity contribution in [2.24, 2.45) is 0 Å². The minimum atomic E-state index is -4.69. The van der Waals surface area contributed by atoms with Gasteiger partial charge < -0.3 is 0 Å². The monoisotopic (exact) mass is 449 g/mol. The molecule has 31 heavy (non-hydrogen) atoms. The predicted molar refractivity (Wildman–Crippen MR) is 110 cm³/mol. The Kier molecular flexibility index (Phi) is 5.04. The lowest BCUT2D eigenvalue weighted by Crippen LogP contribution is -2.15. The van der Waals surface area contributed by atoms with Gasteiger partial charge in [-0.2, -0.15) is 23.3 Å². The normalized spacial score (nSPS) is 12.1. The third-order valence-corrected chi connectivity index (χ3v) is 5.56. The van der Waals surface area contributed by atoms with E-state index in [-0.39, 0.29) is 11.6 Å². The second-order valence-electron chi connectivity index (χ2n) is 7.26. The molecule has 4 aromatic heterocycles. The molecule has 0 fully saturated rings. The van der Waals surface area contributed by atoms with Crippen LogP contribution in [-0.2, 0) is 6.18 Å². The number of hydrogen-bond donors (Lipinski definition) is 2. The van der Waals surface area contributed by atoms with E-state index >= 15 is 0 Å². The van der Waals surface area contributed by atoms with Gasteiger partial charge in [-0.15, -0.1) is 16.4 Å². The number of nitrogens with zero attached hydrogens (tertiary/aromatic N) is 5. The second kappa shape index (κ2) is 7.45. The molecule has 162 valence electrons. The number of hydrogen-bond acceptors (Lipinski definition) is 6. The fourth-order valence-corrected chi connectivity index (χ4v) is 4.15. The number of aryl methyl sites for hydroxylation is 2. The summed E-state index contributed by atoms with van der Waals surface area (Å²) in [6, 6.07) is 3.58. The Balaban J connectivity index is 1.81. The number of H-pyrrole nitrogens is 1. The molecule has 0 saturated carbocycles. The van der Waals surface area contributed by atoms with Crippen LogP contribution in [0, 0.1) is 13.8 Å². The van der Waals surface area contributed by atoms with Gasteiger partial charge in [0.15, 0.2) is 5.65 Å². The Morgan fingerprint density at radius 2 is 1.97 bits per heavy atom. The first-order chi connectivity index (χ1) is 14.5. The Bertz CT molecular complexity index is 1290. The Morgan fingerprint density at radius 3 is 2.55 bits per heavy atom. The van der Waals surface area contributed by atoms with Crippen LogP contribution in [-0.4, -0.2) is 35.9 Å². The quantitative estimate of drug-likeness (QED) is 0.468. The van der Waals surface area contributed by atoms with Crippen LogP contribution in [0.4, 0.5) is 19.1 Å². The summed E-state index contributed by atoms with van der Waals surface area (Å²) in [5.74, 6) is -2.42. The zero-order valence-electron chi connectivity index (χ0n) is 17.0. The number of fused-ring (bicyclic) bond motifs is 1. The standard InChI is InChI=1S/C19H18F3N7OS/c1-8(2)29-15-13(7-23-29)12(6-14(24-15)11-5-9(3)31-10(11)4)16(30)25-18-26-17(27-28-18)19(20,21)22/h5-8H,1-4H3,(H2,25,26,27,28,30). The second-order valence-corrected chi connectivity index (χ2v) is 8.72. The number of pyridine rings is 1. The van der Waals surface area contributed by atoms with Crippen molar-refractivity contribution in [2.45, 2.75) is 39.9 Å². The smallest absolute Gasteiger partial charge is 0.289 e. The van der Waals surface area contributed by atoms with Gasteiger partial charge in [0.1, 0.15) is 0 Å². The van der Waals surface area contributed by atoms with Gasteiger partial charge in [0, 0.05) is 21.4 Å². The molecular formula is C19H18F3N7OS. The molecule has 0 aliphatic heterocycles. The number of anilines is 1. The van der Waals surface area contributed by atoms with E-state index in [0.29, 0.717) is 16.7 Å². The van der Waals surface area contributed by atoms with E-state index in [1.54, 1.807) is 27.2 Å². The zero-order valence-corrected chi connectivity index (χ0v) is 17.8. The summed E-state index contributed by atoms with van der Waals surface area (Å²) in [7, 11) is 0. The van der Waals surface area contributed by atoms with E-state index < -0.39 is 23.9 Å². The van der Waals surface area contributed by atoms with Gasteiger partial charge in [0.2, 0.25) is 11.8 Å². The maximum atomic E-state index is 13.0. The van der Waals surface area contributed by atoms with Gasteiger partial charge >= 0.3 is 6.18 Å². The van der Waals surface area contributed by atoms with Crippen molar-refractivity contribution in [1.29, 1.82) is 0 Å². The summed E-state index contributed by atoms with van der Waals surface area (Å²) in [5.41, 5.74) is 2.18. The highest BCUT2D eigenvalue weighted by Gasteiger charge is 2.35. The summed E-state index contributed by atoms with van der Waals surface area (Å²) >= 11 is 1.61. The van der Waals surface area contributed by atoms with Gasteiger partial charge in [-0.1, -0.05) is 0 Å². The third-order valence-electron chi connectivity index (χ3n) is 4.60. The first kappa shape index (κ1) is 21.0. The van der Waals surface area contributed by atoms with E-state index in [1.165, 1.54) is 6.20 Å². The molecule has 4 aromatic rings. The fraction of sp³-hybridized carbons (Fsp3) is 0.316. The summed E-state index contributed by atoms with van der Waals surface area (Å²) in [5, 5.41) is 12.4. The van der Waals surface area contributed by atoms with Crippen LogP contribution in [0.2, 0.25) is 0 Å². The molecule has 4 rings (SSSR count). The first-order valence-corrected chi connectivity index (χ1v) is 10.1. The van der Waals surface area contributed by atoms with Gasteiger partial charge in [-0.3, -0.25) is 15.2 Å². The highest BCUT2D eigenvalue weighted by atomic mass is 32.1. The van der Waals surface area contributed by atoms with Crippen molar-refractivity contribution in [1.82, 2.24) is 29.9 Å². The van der Waals surface area contributed by atoms with Crippen LogP contribution < -0.4 is 5.32 Å². The zero-order chi connectivity index (χ0) is 22.5. The average Bonchev–Trinajstić information content (AvgIpc) is 3.38. The number of carbonyl (C=O) groups is 1. The number of nitrogens with one attached hydrogen (secondary N) is 2. The highest BCUT2D eigenvalue weighted by molar-refractivity contribution is 7.12. The minimum Gasteiger partial charge on any atom is -0.289 e. The van der Waals surface area contributed by atoms with Crippen LogP contribution in [0.25, 0.3) is 22.3 Å². The third kappa shape index (κ3) is 3.90. The predicted octanol–water partition coefficient (Wildman–Crippen LogP) is 4.75. The van der Waals surface area contributed by atoms with Gasteiger partial charge in [0.25, 0.3) is 5.91 Å². The Labute approximate surface area is 178 Å². The molecule has 0 radical (unpaired) electrons. The molecule has 0 aromatic carbocycles. The number of halogens is 3. The Morgan fingerprint density at radius 1 is 1.23 bits per heavy atom. The lowest BCUT2D eigenvalue weighted by molar-refractivity contribution is -0.144. The first-order valence-electron chi connectivity index (χ1n) is 9.31. The van der Waals surface area contributed by atoms with E-state index in [2.05, 4.69) is 20.5 Å². The molecule has 0 bridgehead atoms. The molecule has 0 unspecified atom stereocenters. The number of aromatic nitrogens is 6. The maximum Gasteiger partial charge on any atom is 0.451 e. The minimum absolute atomic E-state index is 0.0104. The van der Waals surface area contributed by atoms with E-state index in [9.17, 15) is 18.0 Å². The molecule has 0 aliphatic rings. The highest BCUT2D eigenvalue weighted by Crippen LogP contribution is 2.33. The number of alkyl halides is 3. The van der Waals surface area contributed by atoms with Crippen molar-refractivity contribution in [3.63, 3.8) is 0 Å². The largest absolute Gasteiger partial charge is 0.451 e. The van der Waals surface area contributed by atoms with Crippen molar-refractivity contribution in [3.8, 4) is 11.3 Å². The molecule has 0 aliphatic carbocycles. The van der Waals surface area contributed by atoms with Crippen molar-refractivity contribution >= 4 is 34.2 Å². The van der Waals surface area contributed by atoms with Gasteiger partial charge in [0.05, 0.1) is 22.8 Å². The van der Waals surface area contributed by atoms with Crippen molar-refractivity contribution in [2.75, 3.05) is 5.32 Å². The maximum absolute atomic E-state index is 13.0. The summed E-state index contributed by atoms with van der Waals surface area (Å²) in [4.78, 5) is 23.2. The van der Waals surface area contributed by atoms with Crippen molar-refractivity contribution in [3.05, 3.63) is 39.5 Å². The molecule has 8 nitrogen and oxygen atoms in total. The van der Waals surface area contributed by atoms with Crippen LogP contribution in [0.15, 0.2) is 18.3 Å². The van der Waals surface area contributed by atoms with Crippen LogP contribution in [0.3, 0.4) is 0 Å². The number of carbonyl (C=O) groups excluding carboxylic acids is 1. The number of amides is 1. The topological polar surface area (TPSA) is 101 Å². The van der Waals surface area contributed by atoms with Crippen LogP contribution in [0.1, 0.15) is 45.8 Å². The summed E-state index contributed by atoms with van der Waals surface area (Å²) in [6.45, 7) is 7.82. The number of aromatic amines is 1. The average molecular weight is 449 g/mol. The summed E-state index contributed by atoms with van der Waals surface area (Å²) < 4.78 is 40.0. The summed E-state index contributed by atoms with van der Waals surface area (Å²) in [6.07, 6.45) is -3.17. The number of thiophene rings is 1. The van der Waals surface area contributed by atoms with E-state index in [4.69, 9.17) is 4.98 Å². The van der Waals surface area contributed by atoms with E-state index in [0.717, 1.165) is 15.3 Å². The Hall–Kier alpha value is -3.28. The number of rotatable bonds is 4.